The van der Waals surface area contributed by atoms with Gasteiger partial charge in [-0.25, -0.2) is 9.97 Å². The molecule has 1 atom stereocenters. The summed E-state index contributed by atoms with van der Waals surface area (Å²) in [5.74, 6) is 1.90. The molecule has 10 nitrogen and oxygen atoms in total. The highest BCUT2D eigenvalue weighted by molar-refractivity contribution is 5.88. The first-order chi connectivity index (χ1) is 17.8. The second-order valence-corrected chi connectivity index (χ2v) is 9.67. The van der Waals surface area contributed by atoms with Crippen molar-refractivity contribution < 1.29 is 9.90 Å². The lowest BCUT2D eigenvalue weighted by molar-refractivity contribution is -0.131. The normalized spacial score (nSPS) is 12.6. The molecule has 1 unspecified atom stereocenters. The maximum atomic E-state index is 11.9. The van der Waals surface area contributed by atoms with Gasteiger partial charge in [-0.05, 0) is 56.0 Å². The molecule has 0 bridgehead atoms. The van der Waals surface area contributed by atoms with Gasteiger partial charge in [-0.1, -0.05) is 26.0 Å². The molecule has 3 N–H and O–H groups in total. The van der Waals surface area contributed by atoms with Crippen LogP contribution in [0.4, 0.5) is 5.82 Å². The number of anilines is 1. The Bertz CT molecular complexity index is 1590. The van der Waals surface area contributed by atoms with Gasteiger partial charge in [0.15, 0.2) is 5.82 Å². The number of aryl methyl sites for hydroxylation is 2. The minimum absolute atomic E-state index is 0.105. The van der Waals surface area contributed by atoms with Crippen molar-refractivity contribution >= 4 is 39.4 Å². The minimum atomic E-state index is -0.974. The Kier molecular flexibility index (Phi) is 6.75. The van der Waals surface area contributed by atoms with Crippen LogP contribution in [0.2, 0.25) is 0 Å². The molecule has 192 valence electrons. The molecule has 3 aromatic heterocycles. The highest BCUT2D eigenvalue weighted by atomic mass is 16.3. The van der Waals surface area contributed by atoms with Crippen molar-refractivity contribution in [2.24, 2.45) is 13.0 Å². The Hall–Kier alpha value is -4.05. The predicted octanol–water partition coefficient (Wildman–Crippen LogP) is 3.46. The minimum Gasteiger partial charge on any atom is -0.383 e. The maximum Gasteiger partial charge on any atom is 0.249 e. The van der Waals surface area contributed by atoms with Crippen LogP contribution in [0.15, 0.2) is 42.5 Å². The summed E-state index contributed by atoms with van der Waals surface area (Å²) in [7, 11) is 2.02. The molecule has 0 saturated carbocycles. The Labute approximate surface area is 214 Å². The first-order valence-corrected chi connectivity index (χ1v) is 12.6. The number of para-hydroxylation sites is 2. The van der Waals surface area contributed by atoms with Gasteiger partial charge in [-0.2, -0.15) is 0 Å². The fourth-order valence-corrected chi connectivity index (χ4v) is 4.51. The average molecular weight is 501 g/mol. The summed E-state index contributed by atoms with van der Waals surface area (Å²) in [4.78, 5) is 21.6. The van der Waals surface area contributed by atoms with Crippen LogP contribution in [0, 0.1) is 12.8 Å². The zero-order chi connectivity index (χ0) is 26.1. The molecule has 5 rings (SSSR count). The molecule has 0 spiro atoms. The number of carbonyl (C=O) groups is 1. The van der Waals surface area contributed by atoms with Crippen molar-refractivity contribution in [1.29, 1.82) is 0 Å². The number of aliphatic hydroxyl groups is 1. The fourth-order valence-electron chi connectivity index (χ4n) is 4.51. The van der Waals surface area contributed by atoms with Crippen LogP contribution in [0.1, 0.15) is 32.5 Å². The monoisotopic (exact) mass is 500 g/mol. The molecule has 5 aromatic rings. The van der Waals surface area contributed by atoms with E-state index in [4.69, 9.17) is 9.97 Å². The lowest BCUT2D eigenvalue weighted by Gasteiger charge is -2.14. The number of benzene rings is 2. The first-order valence-electron chi connectivity index (χ1n) is 12.6. The lowest BCUT2D eigenvalue weighted by Crippen LogP contribution is -2.38. The van der Waals surface area contributed by atoms with Crippen molar-refractivity contribution in [3.8, 4) is 11.4 Å². The number of aromatic nitrogens is 6. The van der Waals surface area contributed by atoms with Crippen LogP contribution in [0.3, 0.4) is 0 Å². The Balaban J connectivity index is 1.36. The van der Waals surface area contributed by atoms with Crippen molar-refractivity contribution in [3.05, 3.63) is 48.3 Å². The Morgan fingerprint density at radius 1 is 1.00 bits per heavy atom. The largest absolute Gasteiger partial charge is 0.383 e. The van der Waals surface area contributed by atoms with Crippen LogP contribution in [-0.4, -0.2) is 59.3 Å². The summed E-state index contributed by atoms with van der Waals surface area (Å²) in [5, 5.41) is 24.6. The second kappa shape index (κ2) is 10.1. The molecule has 10 heteroatoms. The number of unbranched alkanes of at least 4 members (excludes halogenated alkanes) is 1. The predicted molar refractivity (Wildman–Crippen MR) is 144 cm³/mol. The van der Waals surface area contributed by atoms with E-state index < -0.39 is 6.10 Å². The molecular weight excluding hydrogens is 468 g/mol. The number of rotatable bonds is 9. The molecule has 3 heterocycles. The second-order valence-electron chi connectivity index (χ2n) is 9.67. The first kappa shape index (κ1) is 24.6. The van der Waals surface area contributed by atoms with Gasteiger partial charge in [0, 0.05) is 25.7 Å². The smallest absolute Gasteiger partial charge is 0.249 e. The third-order valence-corrected chi connectivity index (χ3v) is 6.63. The summed E-state index contributed by atoms with van der Waals surface area (Å²) in [5.41, 5.74) is 5.43. The molecule has 2 aromatic carbocycles. The molecular formula is C27H32N8O2. The number of aliphatic hydroxyl groups excluding tert-OH is 1. The highest BCUT2D eigenvalue weighted by Gasteiger charge is 2.18. The van der Waals surface area contributed by atoms with E-state index in [1.54, 1.807) is 0 Å². The van der Waals surface area contributed by atoms with Crippen LogP contribution in [0.25, 0.3) is 39.1 Å². The van der Waals surface area contributed by atoms with E-state index in [1.807, 2.05) is 56.5 Å². The standard InChI is InChI=1S/C27H32N8O2/c1-16(2)23(36)27(37)29-14-8-7-13-28-24-26-33-32-17(3)35(26)22-12-11-18(15-20(22)30-24)25-31-19-9-5-6-10-21(19)34(25)4/h5-6,9-12,15-16,23,36H,7-8,13-14H2,1-4H3,(H,28,30)(H,29,37). The van der Waals surface area contributed by atoms with Crippen LogP contribution < -0.4 is 10.6 Å². The molecule has 0 aliphatic heterocycles. The summed E-state index contributed by atoms with van der Waals surface area (Å²) >= 11 is 0. The highest BCUT2D eigenvalue weighted by Crippen LogP contribution is 2.28. The van der Waals surface area contributed by atoms with Gasteiger partial charge in [0.05, 0.1) is 22.1 Å². The van der Waals surface area contributed by atoms with Gasteiger partial charge in [0.25, 0.3) is 0 Å². The van der Waals surface area contributed by atoms with Gasteiger partial charge in [0.2, 0.25) is 11.6 Å². The van der Waals surface area contributed by atoms with Gasteiger partial charge >= 0.3 is 0 Å². The van der Waals surface area contributed by atoms with Crippen molar-refractivity contribution in [1.82, 2.24) is 34.4 Å². The molecule has 0 saturated heterocycles. The zero-order valence-corrected chi connectivity index (χ0v) is 21.6. The Morgan fingerprint density at radius 2 is 1.78 bits per heavy atom. The van der Waals surface area contributed by atoms with E-state index in [2.05, 4.69) is 43.6 Å². The summed E-state index contributed by atoms with van der Waals surface area (Å²) < 4.78 is 4.11. The number of hydrogen-bond donors (Lipinski definition) is 3. The summed E-state index contributed by atoms with van der Waals surface area (Å²) in [6.07, 6.45) is 0.617. The van der Waals surface area contributed by atoms with Gasteiger partial charge in [-0.15, -0.1) is 10.2 Å². The average Bonchev–Trinajstić information content (AvgIpc) is 3.45. The summed E-state index contributed by atoms with van der Waals surface area (Å²) in [6.45, 7) is 6.73. The van der Waals surface area contributed by atoms with Crippen LogP contribution >= 0.6 is 0 Å². The van der Waals surface area contributed by atoms with Gasteiger partial charge < -0.3 is 20.3 Å². The third kappa shape index (κ3) is 4.72. The van der Waals surface area contributed by atoms with E-state index in [1.165, 1.54) is 0 Å². The number of imidazole rings is 1. The van der Waals surface area contributed by atoms with Crippen LogP contribution in [-0.2, 0) is 11.8 Å². The number of carbonyl (C=O) groups excluding carboxylic acids is 1. The maximum absolute atomic E-state index is 11.9. The number of nitrogens with zero attached hydrogens (tertiary/aromatic N) is 6. The Morgan fingerprint density at radius 3 is 2.57 bits per heavy atom. The molecule has 0 fully saturated rings. The molecule has 1 amide bonds. The lowest BCUT2D eigenvalue weighted by atomic mass is 10.1. The fraction of sp³-hybridized carbons (Fsp3) is 0.370. The van der Waals surface area contributed by atoms with E-state index in [0.29, 0.717) is 24.6 Å². The van der Waals surface area contributed by atoms with Crippen molar-refractivity contribution in [2.75, 3.05) is 18.4 Å². The molecule has 0 aliphatic rings. The molecule has 37 heavy (non-hydrogen) atoms. The van der Waals surface area contributed by atoms with E-state index in [-0.39, 0.29) is 11.8 Å². The third-order valence-electron chi connectivity index (χ3n) is 6.63. The topological polar surface area (TPSA) is 122 Å². The van der Waals surface area contributed by atoms with Gasteiger partial charge in [0.1, 0.15) is 17.8 Å². The summed E-state index contributed by atoms with van der Waals surface area (Å²) in [6, 6.07) is 14.2. The van der Waals surface area contributed by atoms with Crippen molar-refractivity contribution in [3.63, 3.8) is 0 Å². The quantitative estimate of drug-likeness (QED) is 0.265. The number of fused-ring (bicyclic) bond motifs is 4. The number of amides is 1. The number of nitrogens with one attached hydrogen (secondary N) is 2. The van der Waals surface area contributed by atoms with Crippen molar-refractivity contribution in [2.45, 2.75) is 39.7 Å². The molecule has 0 aliphatic carbocycles. The van der Waals surface area contributed by atoms with Crippen LogP contribution in [0.5, 0.6) is 0 Å². The van der Waals surface area contributed by atoms with E-state index >= 15 is 0 Å². The van der Waals surface area contributed by atoms with E-state index in [0.717, 1.165) is 52.1 Å². The number of hydrogen-bond acceptors (Lipinski definition) is 7. The zero-order valence-electron chi connectivity index (χ0n) is 21.6. The van der Waals surface area contributed by atoms with Gasteiger partial charge in [-0.3, -0.25) is 9.20 Å². The molecule has 0 radical (unpaired) electrons. The van der Waals surface area contributed by atoms with E-state index in [9.17, 15) is 9.90 Å². The SMILES string of the molecule is Cc1nnc2c(NCCCCNC(=O)C(O)C(C)C)nc3cc(-c4nc5ccccc5n4C)ccc3n12.